The van der Waals surface area contributed by atoms with E-state index in [-0.39, 0.29) is 12.2 Å². The number of ether oxygens (including phenoxy) is 2. The first-order chi connectivity index (χ1) is 6.57. The van der Waals surface area contributed by atoms with Crippen LogP contribution in [0.25, 0.3) is 0 Å². The molecule has 1 saturated heterocycles. The molecule has 1 aliphatic heterocycles. The summed E-state index contributed by atoms with van der Waals surface area (Å²) in [6, 6.07) is 2.13. The van der Waals surface area contributed by atoms with Crippen LogP contribution in [0.1, 0.15) is 33.1 Å². The highest BCUT2D eigenvalue weighted by molar-refractivity contribution is 4.83. The van der Waals surface area contributed by atoms with Crippen LogP contribution >= 0.6 is 0 Å². The van der Waals surface area contributed by atoms with Crippen molar-refractivity contribution in [3.8, 4) is 6.07 Å². The van der Waals surface area contributed by atoms with Crippen molar-refractivity contribution < 1.29 is 9.47 Å². The number of hydrogen-bond acceptors (Lipinski definition) is 4. The Kier molecular flexibility index (Phi) is 3.87. The molecule has 1 fully saturated rings. The van der Waals surface area contributed by atoms with Crippen molar-refractivity contribution in [3.63, 3.8) is 0 Å². The second-order valence-electron chi connectivity index (χ2n) is 4.05. The molecule has 0 aromatic rings. The Morgan fingerprint density at radius 1 is 1.43 bits per heavy atom. The molecule has 1 rings (SSSR count). The summed E-state index contributed by atoms with van der Waals surface area (Å²) in [5, 5.41) is 8.61. The zero-order valence-corrected chi connectivity index (χ0v) is 8.82. The molecule has 0 aromatic carbocycles. The lowest BCUT2D eigenvalue weighted by Gasteiger charge is -2.40. The van der Waals surface area contributed by atoms with E-state index >= 15 is 0 Å². The fraction of sp³-hybridized carbons (Fsp3) is 0.900. The maximum Gasteiger partial charge on any atom is 0.163 e. The second kappa shape index (κ2) is 4.74. The molecule has 0 spiro atoms. The summed E-state index contributed by atoms with van der Waals surface area (Å²) in [5.41, 5.74) is 5.48. The number of nitrogens with zero attached hydrogens (tertiary/aromatic N) is 1. The van der Waals surface area contributed by atoms with Gasteiger partial charge in [0.15, 0.2) is 5.79 Å². The Morgan fingerprint density at radius 3 is 2.64 bits per heavy atom. The van der Waals surface area contributed by atoms with Crippen LogP contribution in [0.4, 0.5) is 0 Å². The van der Waals surface area contributed by atoms with E-state index in [2.05, 4.69) is 6.07 Å². The first-order valence-electron chi connectivity index (χ1n) is 5.00. The Labute approximate surface area is 85.0 Å². The van der Waals surface area contributed by atoms with Crippen LogP contribution in [0, 0.1) is 11.3 Å². The summed E-state index contributed by atoms with van der Waals surface area (Å²) in [6.07, 6.45) is 2.14. The summed E-state index contributed by atoms with van der Waals surface area (Å²) in [4.78, 5) is 0. The fourth-order valence-corrected chi connectivity index (χ4v) is 1.81. The molecule has 2 atom stereocenters. The lowest BCUT2D eigenvalue weighted by atomic mass is 10.0. The van der Waals surface area contributed by atoms with E-state index < -0.39 is 5.79 Å². The van der Waals surface area contributed by atoms with Gasteiger partial charge in [-0.2, -0.15) is 5.26 Å². The second-order valence-corrected chi connectivity index (χ2v) is 4.05. The van der Waals surface area contributed by atoms with Gasteiger partial charge in [0.2, 0.25) is 0 Å². The van der Waals surface area contributed by atoms with Crippen molar-refractivity contribution in [2.24, 2.45) is 5.73 Å². The van der Waals surface area contributed by atoms with Gasteiger partial charge in [0.25, 0.3) is 0 Å². The van der Waals surface area contributed by atoms with Gasteiger partial charge in [-0.25, -0.2) is 0 Å². The van der Waals surface area contributed by atoms with Gasteiger partial charge in [-0.05, 0) is 26.8 Å². The monoisotopic (exact) mass is 198 g/mol. The van der Waals surface area contributed by atoms with Gasteiger partial charge in [0.05, 0.1) is 24.7 Å². The number of nitriles is 1. The predicted octanol–water partition coefficient (Wildman–Crippen LogP) is 1.16. The average molecular weight is 198 g/mol. The molecule has 4 heteroatoms. The van der Waals surface area contributed by atoms with Crippen molar-refractivity contribution >= 4 is 0 Å². The van der Waals surface area contributed by atoms with Crippen molar-refractivity contribution in [2.45, 2.75) is 51.1 Å². The van der Waals surface area contributed by atoms with E-state index in [1.807, 2.05) is 13.8 Å². The molecule has 2 N–H and O–H groups in total. The minimum Gasteiger partial charge on any atom is -0.347 e. The van der Waals surface area contributed by atoms with E-state index in [1.165, 1.54) is 0 Å². The van der Waals surface area contributed by atoms with E-state index in [0.717, 1.165) is 12.8 Å². The Bertz CT molecular complexity index is 223. The van der Waals surface area contributed by atoms with Gasteiger partial charge in [-0.3, -0.25) is 0 Å². The van der Waals surface area contributed by atoms with E-state index in [9.17, 15) is 0 Å². The van der Waals surface area contributed by atoms with Crippen LogP contribution in [-0.4, -0.2) is 24.5 Å². The molecular formula is C10H18N2O2. The molecule has 0 saturated carbocycles. The summed E-state index contributed by atoms with van der Waals surface area (Å²) in [5.74, 6) is -0.584. The maximum absolute atomic E-state index is 8.61. The number of nitrogens with two attached hydrogens (primary N) is 1. The van der Waals surface area contributed by atoms with Crippen molar-refractivity contribution in [1.29, 1.82) is 5.26 Å². The molecular weight excluding hydrogens is 180 g/mol. The first kappa shape index (κ1) is 11.4. The molecule has 0 aromatic heterocycles. The SMILES string of the molecule is CC1(C)O[C@H](CCN)C[C@H](CC#N)O1. The molecule has 4 nitrogen and oxygen atoms in total. The Balaban J connectivity index is 2.53. The number of hydrogen-bond donors (Lipinski definition) is 1. The summed E-state index contributed by atoms with van der Waals surface area (Å²) >= 11 is 0. The molecule has 0 unspecified atom stereocenters. The largest absolute Gasteiger partial charge is 0.347 e. The molecule has 0 amide bonds. The lowest BCUT2D eigenvalue weighted by Crippen LogP contribution is -2.45. The smallest absolute Gasteiger partial charge is 0.163 e. The maximum atomic E-state index is 8.61. The minimum atomic E-state index is -0.584. The molecule has 0 aliphatic carbocycles. The van der Waals surface area contributed by atoms with Gasteiger partial charge in [-0.1, -0.05) is 0 Å². The van der Waals surface area contributed by atoms with Gasteiger partial charge in [0.1, 0.15) is 0 Å². The highest BCUT2D eigenvalue weighted by Crippen LogP contribution is 2.29. The fourth-order valence-electron chi connectivity index (χ4n) is 1.81. The van der Waals surface area contributed by atoms with E-state index in [4.69, 9.17) is 20.5 Å². The molecule has 1 aliphatic rings. The van der Waals surface area contributed by atoms with Crippen molar-refractivity contribution in [2.75, 3.05) is 6.54 Å². The zero-order chi connectivity index (χ0) is 10.6. The zero-order valence-electron chi connectivity index (χ0n) is 8.82. The Morgan fingerprint density at radius 2 is 2.07 bits per heavy atom. The molecule has 80 valence electrons. The predicted molar refractivity (Wildman–Crippen MR) is 52.3 cm³/mol. The summed E-state index contributed by atoms with van der Waals surface area (Å²) < 4.78 is 11.3. The van der Waals surface area contributed by atoms with Gasteiger partial charge >= 0.3 is 0 Å². The van der Waals surface area contributed by atoms with Crippen molar-refractivity contribution in [3.05, 3.63) is 0 Å². The topological polar surface area (TPSA) is 68.3 Å². The van der Waals surface area contributed by atoms with Gasteiger partial charge in [-0.15, -0.1) is 0 Å². The average Bonchev–Trinajstić information content (AvgIpc) is 2.01. The molecule has 0 bridgehead atoms. The normalized spacial score (nSPS) is 31.0. The van der Waals surface area contributed by atoms with Crippen LogP contribution in [0.3, 0.4) is 0 Å². The molecule has 1 heterocycles. The van der Waals surface area contributed by atoms with Crippen LogP contribution in [0.5, 0.6) is 0 Å². The quantitative estimate of drug-likeness (QED) is 0.738. The lowest BCUT2D eigenvalue weighted by molar-refractivity contribution is -0.298. The van der Waals surface area contributed by atoms with Crippen LogP contribution in [0.2, 0.25) is 0 Å². The Hall–Kier alpha value is -0.630. The van der Waals surface area contributed by atoms with Gasteiger partial charge in [0, 0.05) is 6.42 Å². The standard InChI is InChI=1S/C10H18N2O2/c1-10(2)13-8(3-5-11)7-9(14-10)4-6-12/h8-9H,3-5,7,11H2,1-2H3/t8-,9+/m1/s1. The number of rotatable bonds is 3. The first-order valence-corrected chi connectivity index (χ1v) is 5.00. The third-order valence-corrected chi connectivity index (χ3v) is 2.23. The van der Waals surface area contributed by atoms with Crippen LogP contribution in [-0.2, 0) is 9.47 Å². The van der Waals surface area contributed by atoms with E-state index in [0.29, 0.717) is 13.0 Å². The molecule has 0 radical (unpaired) electrons. The van der Waals surface area contributed by atoms with Crippen molar-refractivity contribution in [1.82, 2.24) is 0 Å². The minimum absolute atomic E-state index is 0.0136. The highest BCUT2D eigenvalue weighted by atomic mass is 16.7. The van der Waals surface area contributed by atoms with Crippen LogP contribution < -0.4 is 5.73 Å². The van der Waals surface area contributed by atoms with Gasteiger partial charge < -0.3 is 15.2 Å². The van der Waals surface area contributed by atoms with E-state index in [1.54, 1.807) is 0 Å². The third-order valence-electron chi connectivity index (χ3n) is 2.23. The molecule has 14 heavy (non-hydrogen) atoms. The summed E-state index contributed by atoms with van der Waals surface area (Å²) in [7, 11) is 0. The third kappa shape index (κ3) is 3.26. The van der Waals surface area contributed by atoms with Crippen LogP contribution in [0.15, 0.2) is 0 Å². The highest BCUT2D eigenvalue weighted by Gasteiger charge is 2.34. The summed E-state index contributed by atoms with van der Waals surface area (Å²) in [6.45, 7) is 4.36.